The molecule has 0 spiro atoms. The molecule has 2 aliphatic heterocycles. The molecular formula is C18H21N5O2. The van der Waals surface area contributed by atoms with Crippen molar-refractivity contribution in [3.05, 3.63) is 24.3 Å². The Morgan fingerprint density at radius 2 is 2.24 bits per heavy atom. The predicted molar refractivity (Wildman–Crippen MR) is 95.3 cm³/mol. The van der Waals surface area contributed by atoms with Crippen molar-refractivity contribution in [1.82, 2.24) is 5.32 Å². The van der Waals surface area contributed by atoms with Gasteiger partial charge >= 0.3 is 6.03 Å². The average Bonchev–Trinajstić information content (AvgIpc) is 3.39. The van der Waals surface area contributed by atoms with Crippen molar-refractivity contribution in [2.45, 2.75) is 37.8 Å². The number of amides is 3. The van der Waals surface area contributed by atoms with Gasteiger partial charge in [0.2, 0.25) is 5.91 Å². The molecule has 1 aromatic carbocycles. The highest BCUT2D eigenvalue weighted by molar-refractivity contribution is 5.95. The van der Waals surface area contributed by atoms with Gasteiger partial charge in [-0.05, 0) is 24.6 Å². The summed E-state index contributed by atoms with van der Waals surface area (Å²) in [5, 5.41) is 13.8. The standard InChI is InChI=1S/C18H21N5O2/c1-2-3-9-18(21-22-18)10-8-16(24)20-14-6-4-7-15(13-14)23-12-5-11-19-17(23)25/h1,4,6-7,13H,3,5,8-12H2,(H,19,25)(H,20,24). The molecule has 0 unspecified atom stereocenters. The number of nitrogens with zero attached hydrogens (tertiary/aromatic N) is 3. The summed E-state index contributed by atoms with van der Waals surface area (Å²) < 4.78 is 0. The zero-order valence-electron chi connectivity index (χ0n) is 14.0. The van der Waals surface area contributed by atoms with Crippen LogP contribution < -0.4 is 15.5 Å². The molecule has 2 N–H and O–H groups in total. The molecule has 7 nitrogen and oxygen atoms in total. The zero-order chi connectivity index (χ0) is 17.7. The molecule has 0 bridgehead atoms. The molecule has 0 aromatic heterocycles. The Bertz CT molecular complexity index is 731. The minimum absolute atomic E-state index is 0.0994. The fourth-order valence-electron chi connectivity index (χ4n) is 2.83. The van der Waals surface area contributed by atoms with E-state index < -0.39 is 5.66 Å². The largest absolute Gasteiger partial charge is 0.338 e. The molecule has 130 valence electrons. The number of benzene rings is 1. The van der Waals surface area contributed by atoms with Crippen LogP contribution in [-0.4, -0.2) is 30.7 Å². The van der Waals surface area contributed by atoms with E-state index >= 15 is 0 Å². The molecule has 3 rings (SSSR count). The quantitative estimate of drug-likeness (QED) is 0.748. The second-order valence-electron chi connectivity index (χ2n) is 6.22. The Hall–Kier alpha value is -2.88. The predicted octanol–water partition coefficient (Wildman–Crippen LogP) is 2.90. The number of terminal acetylenes is 1. The molecule has 25 heavy (non-hydrogen) atoms. The molecule has 0 aliphatic carbocycles. The number of rotatable bonds is 7. The van der Waals surface area contributed by atoms with Crippen molar-refractivity contribution >= 4 is 23.3 Å². The van der Waals surface area contributed by atoms with Gasteiger partial charge in [0.25, 0.3) is 0 Å². The second-order valence-corrected chi connectivity index (χ2v) is 6.22. The number of carbonyl (C=O) groups is 2. The Kier molecular flexibility index (Phi) is 4.98. The van der Waals surface area contributed by atoms with Crippen LogP contribution in [0.2, 0.25) is 0 Å². The van der Waals surface area contributed by atoms with Crippen molar-refractivity contribution in [2.24, 2.45) is 10.2 Å². The summed E-state index contributed by atoms with van der Waals surface area (Å²) >= 11 is 0. The highest BCUT2D eigenvalue weighted by Gasteiger charge is 2.39. The van der Waals surface area contributed by atoms with E-state index in [2.05, 4.69) is 26.8 Å². The molecule has 2 aliphatic rings. The third-order valence-corrected chi connectivity index (χ3v) is 4.33. The third-order valence-electron chi connectivity index (χ3n) is 4.33. The van der Waals surface area contributed by atoms with Crippen LogP contribution in [0.25, 0.3) is 0 Å². The first-order valence-corrected chi connectivity index (χ1v) is 8.45. The van der Waals surface area contributed by atoms with Gasteiger partial charge in [-0.25, -0.2) is 4.79 Å². The highest BCUT2D eigenvalue weighted by atomic mass is 16.2. The maximum Gasteiger partial charge on any atom is 0.321 e. The number of urea groups is 1. The molecule has 0 radical (unpaired) electrons. The van der Waals surface area contributed by atoms with Gasteiger partial charge in [-0.15, -0.1) is 12.3 Å². The molecule has 2 heterocycles. The smallest absolute Gasteiger partial charge is 0.321 e. The number of anilines is 2. The van der Waals surface area contributed by atoms with Crippen LogP contribution in [0, 0.1) is 12.3 Å². The highest BCUT2D eigenvalue weighted by Crippen LogP contribution is 2.37. The molecule has 3 amide bonds. The Morgan fingerprint density at radius 3 is 2.96 bits per heavy atom. The van der Waals surface area contributed by atoms with Crippen molar-refractivity contribution in [2.75, 3.05) is 23.3 Å². The molecule has 0 saturated carbocycles. The van der Waals surface area contributed by atoms with Gasteiger partial charge in [0, 0.05) is 50.1 Å². The van der Waals surface area contributed by atoms with Crippen molar-refractivity contribution in [3.8, 4) is 12.3 Å². The minimum Gasteiger partial charge on any atom is -0.338 e. The minimum atomic E-state index is -0.447. The van der Waals surface area contributed by atoms with E-state index in [0.717, 1.165) is 12.1 Å². The summed E-state index contributed by atoms with van der Waals surface area (Å²) in [6, 6.07) is 7.19. The fourth-order valence-corrected chi connectivity index (χ4v) is 2.83. The second kappa shape index (κ2) is 7.34. The van der Waals surface area contributed by atoms with E-state index in [9.17, 15) is 9.59 Å². The molecule has 1 aromatic rings. The number of hydrogen-bond acceptors (Lipinski definition) is 4. The van der Waals surface area contributed by atoms with E-state index in [0.29, 0.717) is 44.5 Å². The lowest BCUT2D eigenvalue weighted by Crippen LogP contribution is -2.46. The van der Waals surface area contributed by atoms with Crippen LogP contribution in [0.3, 0.4) is 0 Å². The van der Waals surface area contributed by atoms with E-state index in [1.165, 1.54) is 0 Å². The summed E-state index contributed by atoms with van der Waals surface area (Å²) in [7, 11) is 0. The lowest BCUT2D eigenvalue weighted by Gasteiger charge is -2.27. The Morgan fingerprint density at radius 1 is 1.40 bits per heavy atom. The van der Waals surface area contributed by atoms with Gasteiger partial charge in [0.1, 0.15) is 0 Å². The summed E-state index contributed by atoms with van der Waals surface area (Å²) in [5.41, 5.74) is 0.994. The number of carbonyl (C=O) groups excluding carboxylic acids is 2. The fraction of sp³-hybridized carbons (Fsp3) is 0.444. The summed E-state index contributed by atoms with van der Waals surface area (Å²) in [5.74, 6) is 2.47. The monoisotopic (exact) mass is 339 g/mol. The zero-order valence-corrected chi connectivity index (χ0v) is 14.0. The van der Waals surface area contributed by atoms with E-state index in [1.807, 2.05) is 24.3 Å². The average molecular weight is 339 g/mol. The van der Waals surface area contributed by atoms with Crippen LogP contribution in [0.4, 0.5) is 16.2 Å². The van der Waals surface area contributed by atoms with Crippen LogP contribution in [0.5, 0.6) is 0 Å². The van der Waals surface area contributed by atoms with Crippen molar-refractivity contribution in [3.63, 3.8) is 0 Å². The molecular weight excluding hydrogens is 318 g/mol. The van der Waals surface area contributed by atoms with Gasteiger partial charge in [-0.2, -0.15) is 10.2 Å². The van der Waals surface area contributed by atoms with Crippen LogP contribution in [-0.2, 0) is 4.79 Å². The maximum atomic E-state index is 12.2. The van der Waals surface area contributed by atoms with Gasteiger partial charge in [-0.1, -0.05) is 6.07 Å². The SMILES string of the molecule is C#CCCC1(CCC(=O)Nc2cccc(N3CCCNC3=O)c2)N=N1. The normalized spacial score (nSPS) is 17.6. The number of nitrogens with one attached hydrogen (secondary N) is 2. The molecule has 0 atom stereocenters. The van der Waals surface area contributed by atoms with Gasteiger partial charge < -0.3 is 10.6 Å². The van der Waals surface area contributed by atoms with E-state index in [4.69, 9.17) is 6.42 Å². The molecule has 1 saturated heterocycles. The molecule has 1 fully saturated rings. The topological polar surface area (TPSA) is 86.2 Å². The van der Waals surface area contributed by atoms with Gasteiger partial charge in [0.05, 0.1) is 0 Å². The Balaban J connectivity index is 1.54. The van der Waals surface area contributed by atoms with Crippen LogP contribution in [0.15, 0.2) is 34.5 Å². The lowest BCUT2D eigenvalue weighted by atomic mass is 10.0. The first-order valence-electron chi connectivity index (χ1n) is 8.45. The first-order chi connectivity index (χ1) is 12.1. The summed E-state index contributed by atoms with van der Waals surface area (Å²) in [4.78, 5) is 25.8. The van der Waals surface area contributed by atoms with Gasteiger partial charge in [0.15, 0.2) is 5.66 Å². The maximum absolute atomic E-state index is 12.2. The third kappa shape index (κ3) is 4.35. The van der Waals surface area contributed by atoms with Crippen LogP contribution in [0.1, 0.15) is 32.1 Å². The Labute approximate surface area is 146 Å². The number of hydrogen-bond donors (Lipinski definition) is 2. The van der Waals surface area contributed by atoms with Crippen LogP contribution >= 0.6 is 0 Å². The van der Waals surface area contributed by atoms with Gasteiger partial charge in [-0.3, -0.25) is 9.69 Å². The first kappa shape index (κ1) is 17.0. The van der Waals surface area contributed by atoms with E-state index in [1.54, 1.807) is 4.90 Å². The summed E-state index contributed by atoms with van der Waals surface area (Å²) in [6.45, 7) is 1.37. The summed E-state index contributed by atoms with van der Waals surface area (Å²) in [6.07, 6.45) is 8.35. The van der Waals surface area contributed by atoms with Crippen molar-refractivity contribution in [1.29, 1.82) is 0 Å². The molecule has 7 heteroatoms. The lowest BCUT2D eigenvalue weighted by molar-refractivity contribution is -0.116. The van der Waals surface area contributed by atoms with Crippen molar-refractivity contribution < 1.29 is 9.59 Å². The van der Waals surface area contributed by atoms with E-state index in [-0.39, 0.29) is 11.9 Å².